The normalized spacial score (nSPS) is 27.6. The SMILES string of the molecule is Cn1nccc1[C@H]1[C@@H](C(N)=O)CCC(=O)N1C1CC1. The molecule has 19 heavy (non-hydrogen) atoms. The van der Waals surface area contributed by atoms with E-state index in [-0.39, 0.29) is 29.8 Å². The maximum absolute atomic E-state index is 12.2. The summed E-state index contributed by atoms with van der Waals surface area (Å²) >= 11 is 0. The first-order valence-electron chi connectivity index (χ1n) is 6.68. The smallest absolute Gasteiger partial charge is 0.223 e. The second-order valence-electron chi connectivity index (χ2n) is 5.40. The number of piperidine rings is 1. The molecule has 6 nitrogen and oxygen atoms in total. The number of carbonyl (C=O) groups excluding carboxylic acids is 2. The fourth-order valence-corrected chi connectivity index (χ4v) is 3.02. The number of rotatable bonds is 3. The minimum absolute atomic E-state index is 0.131. The van der Waals surface area contributed by atoms with Crippen molar-refractivity contribution in [3.8, 4) is 0 Å². The molecule has 1 aliphatic carbocycles. The Morgan fingerprint density at radius 3 is 2.68 bits per heavy atom. The van der Waals surface area contributed by atoms with E-state index >= 15 is 0 Å². The van der Waals surface area contributed by atoms with Gasteiger partial charge in [0, 0.05) is 25.7 Å². The highest BCUT2D eigenvalue weighted by Gasteiger charge is 2.46. The predicted molar refractivity (Wildman–Crippen MR) is 67.7 cm³/mol. The number of amides is 2. The Hall–Kier alpha value is -1.85. The van der Waals surface area contributed by atoms with Crippen LogP contribution in [-0.4, -0.2) is 32.5 Å². The number of primary amides is 1. The van der Waals surface area contributed by atoms with Crippen molar-refractivity contribution in [2.45, 2.75) is 37.8 Å². The molecule has 0 spiro atoms. The van der Waals surface area contributed by atoms with Gasteiger partial charge in [-0.05, 0) is 25.3 Å². The molecular formula is C13H18N4O2. The molecule has 0 bridgehead atoms. The van der Waals surface area contributed by atoms with Gasteiger partial charge < -0.3 is 10.6 Å². The molecule has 1 aromatic heterocycles. The van der Waals surface area contributed by atoms with E-state index in [1.807, 2.05) is 18.0 Å². The Labute approximate surface area is 111 Å². The van der Waals surface area contributed by atoms with Crippen molar-refractivity contribution >= 4 is 11.8 Å². The van der Waals surface area contributed by atoms with E-state index in [9.17, 15) is 9.59 Å². The van der Waals surface area contributed by atoms with Gasteiger partial charge in [0.15, 0.2) is 0 Å². The van der Waals surface area contributed by atoms with Gasteiger partial charge in [-0.2, -0.15) is 5.10 Å². The van der Waals surface area contributed by atoms with Crippen molar-refractivity contribution in [1.29, 1.82) is 0 Å². The Bertz CT molecular complexity index is 520. The average molecular weight is 262 g/mol. The summed E-state index contributed by atoms with van der Waals surface area (Å²) in [7, 11) is 1.83. The highest BCUT2D eigenvalue weighted by Crippen LogP contribution is 2.43. The molecule has 102 valence electrons. The minimum atomic E-state index is -0.329. The van der Waals surface area contributed by atoms with Crippen LogP contribution in [0.1, 0.15) is 37.4 Å². The van der Waals surface area contributed by atoms with E-state index in [4.69, 9.17) is 5.73 Å². The van der Waals surface area contributed by atoms with E-state index in [1.165, 1.54) is 0 Å². The topological polar surface area (TPSA) is 81.2 Å². The maximum atomic E-state index is 12.2. The van der Waals surface area contributed by atoms with Crippen LogP contribution in [0.5, 0.6) is 0 Å². The summed E-state index contributed by atoms with van der Waals surface area (Å²) in [6.07, 6.45) is 4.68. The van der Waals surface area contributed by atoms with Crippen molar-refractivity contribution in [1.82, 2.24) is 14.7 Å². The summed E-state index contributed by atoms with van der Waals surface area (Å²) in [6.45, 7) is 0. The molecule has 2 atom stereocenters. The number of hydrogen-bond acceptors (Lipinski definition) is 3. The van der Waals surface area contributed by atoms with Gasteiger partial charge in [-0.1, -0.05) is 0 Å². The molecular weight excluding hydrogens is 244 g/mol. The number of carbonyl (C=O) groups is 2. The second kappa shape index (κ2) is 4.36. The summed E-state index contributed by atoms with van der Waals surface area (Å²) in [5.74, 6) is -0.510. The second-order valence-corrected chi connectivity index (χ2v) is 5.40. The average Bonchev–Trinajstić information content (AvgIpc) is 3.10. The molecule has 6 heteroatoms. The third-order valence-electron chi connectivity index (χ3n) is 4.11. The zero-order valence-corrected chi connectivity index (χ0v) is 11.0. The quantitative estimate of drug-likeness (QED) is 0.853. The van der Waals surface area contributed by atoms with Crippen LogP contribution in [0.4, 0.5) is 0 Å². The van der Waals surface area contributed by atoms with Crippen LogP contribution < -0.4 is 5.73 Å². The number of likely N-dealkylation sites (tertiary alicyclic amines) is 1. The number of aryl methyl sites for hydroxylation is 1. The van der Waals surface area contributed by atoms with Crippen LogP contribution in [0.25, 0.3) is 0 Å². The van der Waals surface area contributed by atoms with E-state index in [1.54, 1.807) is 10.9 Å². The first kappa shape index (κ1) is 12.2. The molecule has 1 saturated carbocycles. The number of nitrogens with zero attached hydrogens (tertiary/aromatic N) is 3. The minimum Gasteiger partial charge on any atom is -0.369 e. The van der Waals surface area contributed by atoms with Crippen molar-refractivity contribution < 1.29 is 9.59 Å². The molecule has 1 aliphatic heterocycles. The summed E-state index contributed by atoms with van der Waals surface area (Å²) in [4.78, 5) is 25.8. The Kier molecular flexibility index (Phi) is 2.80. The van der Waals surface area contributed by atoms with Crippen LogP contribution in [0.15, 0.2) is 12.3 Å². The summed E-state index contributed by atoms with van der Waals surface area (Å²) < 4.78 is 1.73. The molecule has 0 unspecified atom stereocenters. The lowest BCUT2D eigenvalue weighted by Crippen LogP contribution is -2.48. The Morgan fingerprint density at radius 1 is 1.42 bits per heavy atom. The monoisotopic (exact) mass is 262 g/mol. The third-order valence-corrected chi connectivity index (χ3v) is 4.11. The van der Waals surface area contributed by atoms with Gasteiger partial charge in [-0.25, -0.2) is 0 Å². The van der Waals surface area contributed by atoms with Gasteiger partial charge in [0.1, 0.15) is 0 Å². The Morgan fingerprint density at radius 2 is 2.16 bits per heavy atom. The fraction of sp³-hybridized carbons (Fsp3) is 0.615. The zero-order valence-electron chi connectivity index (χ0n) is 11.0. The fourth-order valence-electron chi connectivity index (χ4n) is 3.02. The highest BCUT2D eigenvalue weighted by atomic mass is 16.2. The van der Waals surface area contributed by atoms with Gasteiger partial charge >= 0.3 is 0 Å². The van der Waals surface area contributed by atoms with Crippen molar-refractivity contribution in [2.24, 2.45) is 18.7 Å². The largest absolute Gasteiger partial charge is 0.369 e. The summed E-state index contributed by atoms with van der Waals surface area (Å²) in [5.41, 5.74) is 6.43. The molecule has 2 heterocycles. The van der Waals surface area contributed by atoms with Crippen molar-refractivity contribution in [3.05, 3.63) is 18.0 Å². The van der Waals surface area contributed by atoms with E-state index in [2.05, 4.69) is 5.10 Å². The van der Waals surface area contributed by atoms with Crippen molar-refractivity contribution in [2.75, 3.05) is 0 Å². The van der Waals surface area contributed by atoms with Gasteiger partial charge in [0.25, 0.3) is 0 Å². The molecule has 2 N–H and O–H groups in total. The van der Waals surface area contributed by atoms with Crippen molar-refractivity contribution in [3.63, 3.8) is 0 Å². The van der Waals surface area contributed by atoms with Gasteiger partial charge in [0.2, 0.25) is 11.8 Å². The maximum Gasteiger partial charge on any atom is 0.223 e. The molecule has 2 amide bonds. The first-order valence-corrected chi connectivity index (χ1v) is 6.68. The highest BCUT2D eigenvalue weighted by molar-refractivity contribution is 5.84. The van der Waals surface area contributed by atoms with E-state index in [0.717, 1.165) is 18.5 Å². The van der Waals surface area contributed by atoms with Gasteiger partial charge in [-0.15, -0.1) is 0 Å². The molecule has 1 saturated heterocycles. The molecule has 0 radical (unpaired) electrons. The molecule has 3 rings (SSSR count). The molecule has 2 fully saturated rings. The number of aromatic nitrogens is 2. The Balaban J connectivity index is 2.02. The number of nitrogens with two attached hydrogens (primary N) is 1. The lowest BCUT2D eigenvalue weighted by molar-refractivity contribution is -0.143. The predicted octanol–water partition coefficient (Wildman–Crippen LogP) is 0.347. The van der Waals surface area contributed by atoms with E-state index in [0.29, 0.717) is 12.8 Å². The van der Waals surface area contributed by atoms with Gasteiger partial charge in [0.05, 0.1) is 17.7 Å². The lowest BCUT2D eigenvalue weighted by Gasteiger charge is -2.40. The van der Waals surface area contributed by atoms with E-state index < -0.39 is 0 Å². The lowest BCUT2D eigenvalue weighted by atomic mass is 9.86. The first-order chi connectivity index (χ1) is 9.09. The molecule has 2 aliphatic rings. The number of hydrogen-bond donors (Lipinski definition) is 1. The molecule has 0 aromatic carbocycles. The zero-order chi connectivity index (χ0) is 13.6. The molecule has 1 aromatic rings. The van der Waals surface area contributed by atoms with Crippen LogP contribution in [-0.2, 0) is 16.6 Å². The summed E-state index contributed by atoms with van der Waals surface area (Å²) in [5, 5.41) is 4.15. The summed E-state index contributed by atoms with van der Waals surface area (Å²) in [6, 6.07) is 1.89. The van der Waals surface area contributed by atoms with Gasteiger partial charge in [-0.3, -0.25) is 14.3 Å². The standard InChI is InChI=1S/C13H18N4O2/c1-16-10(6-7-15-16)12-9(13(14)19)4-5-11(18)17(12)8-2-3-8/h6-9,12H,2-5H2,1H3,(H2,14,19)/t9-,12+/m0/s1. The van der Waals surface area contributed by atoms with Crippen LogP contribution >= 0.6 is 0 Å². The van der Waals surface area contributed by atoms with Crippen LogP contribution in [0.2, 0.25) is 0 Å². The van der Waals surface area contributed by atoms with Crippen LogP contribution in [0.3, 0.4) is 0 Å². The third kappa shape index (κ3) is 2.01. The van der Waals surface area contributed by atoms with Crippen LogP contribution in [0, 0.1) is 5.92 Å².